The number of nitrogens with one attached hydrogen (secondary N) is 2. The monoisotopic (exact) mass is 432 g/mol. The van der Waals surface area contributed by atoms with Gasteiger partial charge in [0.25, 0.3) is 5.56 Å². The molecule has 2 N–H and O–H groups in total. The van der Waals surface area contributed by atoms with Crippen LogP contribution in [0.4, 0.5) is 0 Å². The van der Waals surface area contributed by atoms with Gasteiger partial charge >= 0.3 is 5.69 Å². The average Bonchev–Trinajstić information content (AvgIpc) is 3.19. The molecule has 0 radical (unpaired) electrons. The van der Waals surface area contributed by atoms with Crippen LogP contribution in [0, 0.1) is 5.92 Å². The Kier molecular flexibility index (Phi) is 7.69. The molecule has 2 aromatic rings. The Morgan fingerprint density at radius 3 is 2.35 bits per heavy atom. The third-order valence-electron chi connectivity index (χ3n) is 6.12. The lowest BCUT2D eigenvalue weighted by Crippen LogP contribution is -2.40. The molecular weight excluding hydrogens is 396 g/mol. The molecule has 3 rings (SSSR count). The number of imidazole rings is 1. The molecule has 1 aliphatic carbocycles. The summed E-state index contributed by atoms with van der Waals surface area (Å²) in [5, 5.41) is 3.03. The molecule has 1 fully saturated rings. The highest BCUT2D eigenvalue weighted by molar-refractivity contribution is 5.78. The van der Waals surface area contributed by atoms with Gasteiger partial charge in [0, 0.05) is 38.0 Å². The number of carbonyl (C=O) groups is 1. The van der Waals surface area contributed by atoms with E-state index in [1.807, 2.05) is 32.8 Å². The van der Waals surface area contributed by atoms with E-state index >= 15 is 0 Å². The summed E-state index contributed by atoms with van der Waals surface area (Å²) in [7, 11) is 3.98. The summed E-state index contributed by atoms with van der Waals surface area (Å²) in [6.07, 6.45) is 4.79. The lowest BCUT2D eigenvalue weighted by Gasteiger charge is -2.26. The van der Waals surface area contributed by atoms with Gasteiger partial charge in [0.05, 0.1) is 0 Å². The van der Waals surface area contributed by atoms with E-state index in [0.717, 1.165) is 44.5 Å². The minimum atomic E-state index is -0.290. The van der Waals surface area contributed by atoms with Gasteiger partial charge in [-0.3, -0.25) is 18.7 Å². The average molecular weight is 433 g/mol. The van der Waals surface area contributed by atoms with Gasteiger partial charge < -0.3 is 15.2 Å². The van der Waals surface area contributed by atoms with Crippen molar-refractivity contribution in [3.05, 3.63) is 26.7 Å². The maximum Gasteiger partial charge on any atom is 0.332 e. The molecule has 0 saturated heterocycles. The van der Waals surface area contributed by atoms with E-state index in [1.165, 1.54) is 4.57 Å². The van der Waals surface area contributed by atoms with Crippen LogP contribution in [-0.2, 0) is 17.9 Å². The van der Waals surface area contributed by atoms with E-state index in [4.69, 9.17) is 4.98 Å². The Hall–Kier alpha value is -2.42. The van der Waals surface area contributed by atoms with Crippen LogP contribution in [0.1, 0.15) is 64.1 Å². The van der Waals surface area contributed by atoms with Crippen molar-refractivity contribution in [2.45, 2.75) is 71.4 Å². The molecule has 0 aromatic carbocycles. The predicted molar refractivity (Wildman–Crippen MR) is 121 cm³/mol. The maximum absolute atomic E-state index is 12.9. The summed E-state index contributed by atoms with van der Waals surface area (Å²) < 4.78 is 2.94. The number of hydrogen-bond donors (Lipinski definition) is 2. The van der Waals surface area contributed by atoms with E-state index < -0.39 is 0 Å². The Labute approximate surface area is 182 Å². The molecule has 0 unspecified atom stereocenters. The lowest BCUT2D eigenvalue weighted by molar-refractivity contribution is -0.126. The fourth-order valence-corrected chi connectivity index (χ4v) is 4.40. The number of rotatable bonds is 9. The number of likely N-dealkylation sites (N-methyl/N-ethyl adjacent to an activating group) is 1. The van der Waals surface area contributed by atoms with Crippen LogP contribution < -0.4 is 16.6 Å². The zero-order valence-electron chi connectivity index (χ0n) is 19.2. The molecule has 172 valence electrons. The summed E-state index contributed by atoms with van der Waals surface area (Å²) in [6.45, 7) is 6.38. The molecule has 31 heavy (non-hydrogen) atoms. The lowest BCUT2D eigenvalue weighted by atomic mass is 9.81. The first-order valence-electron chi connectivity index (χ1n) is 11.5. The van der Waals surface area contributed by atoms with Gasteiger partial charge in [-0.2, -0.15) is 0 Å². The van der Waals surface area contributed by atoms with Gasteiger partial charge in [-0.1, -0.05) is 13.8 Å². The molecule has 9 heteroatoms. The number of H-pyrrole nitrogens is 1. The van der Waals surface area contributed by atoms with Crippen LogP contribution in [0.5, 0.6) is 0 Å². The molecular formula is C22H36N6O3. The highest BCUT2D eigenvalue weighted by atomic mass is 16.2. The molecule has 0 bridgehead atoms. The van der Waals surface area contributed by atoms with Gasteiger partial charge in [-0.15, -0.1) is 0 Å². The number of aromatic nitrogens is 4. The number of aryl methyl sites for hydroxylation is 1. The first-order chi connectivity index (χ1) is 14.9. The highest BCUT2D eigenvalue weighted by Crippen LogP contribution is 2.35. The molecule has 1 amide bonds. The van der Waals surface area contributed by atoms with Gasteiger partial charge in [-0.05, 0) is 52.6 Å². The van der Waals surface area contributed by atoms with Gasteiger partial charge in [0.2, 0.25) is 5.91 Å². The third-order valence-corrected chi connectivity index (χ3v) is 6.12. The largest absolute Gasteiger partial charge is 0.355 e. The highest BCUT2D eigenvalue weighted by Gasteiger charge is 2.29. The van der Waals surface area contributed by atoms with E-state index in [9.17, 15) is 14.4 Å². The Morgan fingerprint density at radius 1 is 1.10 bits per heavy atom. The van der Waals surface area contributed by atoms with Crippen LogP contribution in [-0.4, -0.2) is 57.1 Å². The molecule has 2 heterocycles. The first-order valence-corrected chi connectivity index (χ1v) is 11.5. The van der Waals surface area contributed by atoms with Crippen molar-refractivity contribution in [1.29, 1.82) is 0 Å². The summed E-state index contributed by atoms with van der Waals surface area (Å²) in [4.78, 5) is 48.2. The quantitative estimate of drug-likeness (QED) is 0.627. The summed E-state index contributed by atoms with van der Waals surface area (Å²) in [6, 6.07) is 0. The number of carbonyl (C=O) groups excluding carboxylic acids is 1. The van der Waals surface area contributed by atoms with Crippen molar-refractivity contribution in [1.82, 2.24) is 29.3 Å². The fourth-order valence-electron chi connectivity index (χ4n) is 4.40. The van der Waals surface area contributed by atoms with Crippen molar-refractivity contribution >= 4 is 17.1 Å². The minimum absolute atomic E-state index is 0.0304. The number of aromatic amines is 1. The van der Waals surface area contributed by atoms with Crippen molar-refractivity contribution < 1.29 is 4.79 Å². The van der Waals surface area contributed by atoms with E-state index in [1.54, 1.807) is 4.57 Å². The molecule has 0 aliphatic heterocycles. The van der Waals surface area contributed by atoms with Crippen molar-refractivity contribution in [2.24, 2.45) is 5.92 Å². The molecule has 0 atom stereocenters. The Morgan fingerprint density at radius 2 is 1.74 bits per heavy atom. The fraction of sp³-hybridized carbons (Fsp3) is 0.727. The van der Waals surface area contributed by atoms with Crippen LogP contribution in [0.2, 0.25) is 0 Å². The second-order valence-corrected chi connectivity index (χ2v) is 8.85. The number of hydrogen-bond acceptors (Lipinski definition) is 5. The zero-order chi connectivity index (χ0) is 22.5. The van der Waals surface area contributed by atoms with Gasteiger partial charge in [0.15, 0.2) is 5.65 Å². The molecule has 2 aromatic heterocycles. The molecule has 1 saturated carbocycles. The molecule has 0 spiro atoms. The summed E-state index contributed by atoms with van der Waals surface area (Å²) >= 11 is 0. The van der Waals surface area contributed by atoms with Crippen LogP contribution in [0.25, 0.3) is 11.2 Å². The number of nitrogens with zero attached hydrogens (tertiary/aromatic N) is 4. The number of amides is 1. The second kappa shape index (κ2) is 10.3. The normalized spacial score (nSPS) is 19.3. The van der Waals surface area contributed by atoms with E-state index in [-0.39, 0.29) is 29.0 Å². The Bertz CT molecular complexity index is 1010. The predicted octanol–water partition coefficient (Wildman–Crippen LogP) is 1.66. The van der Waals surface area contributed by atoms with E-state index in [0.29, 0.717) is 37.2 Å². The van der Waals surface area contributed by atoms with Crippen molar-refractivity contribution in [3.63, 3.8) is 0 Å². The van der Waals surface area contributed by atoms with Crippen LogP contribution >= 0.6 is 0 Å². The molecule has 1 aliphatic rings. The summed E-state index contributed by atoms with van der Waals surface area (Å²) in [5.74, 6) is 1.09. The smallest absolute Gasteiger partial charge is 0.332 e. The topological polar surface area (TPSA) is 105 Å². The van der Waals surface area contributed by atoms with Crippen molar-refractivity contribution in [3.8, 4) is 0 Å². The van der Waals surface area contributed by atoms with Gasteiger partial charge in [-0.25, -0.2) is 9.78 Å². The minimum Gasteiger partial charge on any atom is -0.355 e. The van der Waals surface area contributed by atoms with Crippen LogP contribution in [0.15, 0.2) is 9.59 Å². The number of fused-ring (bicyclic) bond motifs is 1. The standard InChI is InChI=1S/C22H36N6O3/c1-5-12-27-19-17(21(30)28(13-6-2)22(27)31)24-18(25-19)15-7-9-16(10-8-15)20(29)23-11-14-26(3)4/h15-16H,5-14H2,1-4H3,(H,23,29)(H,24,25). The van der Waals surface area contributed by atoms with Gasteiger partial charge in [0.1, 0.15) is 11.3 Å². The zero-order valence-corrected chi connectivity index (χ0v) is 19.2. The van der Waals surface area contributed by atoms with Crippen molar-refractivity contribution in [2.75, 3.05) is 27.2 Å². The summed E-state index contributed by atoms with van der Waals surface area (Å²) in [5.41, 5.74) is 0.307. The van der Waals surface area contributed by atoms with Crippen LogP contribution in [0.3, 0.4) is 0 Å². The van der Waals surface area contributed by atoms with E-state index in [2.05, 4.69) is 10.3 Å². The Balaban J connectivity index is 1.78. The molecule has 9 nitrogen and oxygen atoms in total. The maximum atomic E-state index is 12.9. The second-order valence-electron chi connectivity index (χ2n) is 8.85. The first kappa shape index (κ1) is 23.2. The third kappa shape index (κ3) is 5.08. The SMILES string of the molecule is CCCn1c(=O)c2[nH]c(C3CCC(C(=O)NCCN(C)C)CC3)nc2n(CCC)c1=O.